The van der Waals surface area contributed by atoms with Crippen LogP contribution < -0.4 is 0 Å². The van der Waals surface area contributed by atoms with Gasteiger partial charge in [-0.2, -0.15) is 0 Å². The van der Waals surface area contributed by atoms with Crippen molar-refractivity contribution in [1.82, 2.24) is 14.9 Å². The van der Waals surface area contributed by atoms with Crippen LogP contribution >= 0.6 is 11.3 Å². The fourth-order valence-corrected chi connectivity index (χ4v) is 3.75. The van der Waals surface area contributed by atoms with Crippen LogP contribution in [0, 0.1) is 0 Å². The van der Waals surface area contributed by atoms with E-state index >= 15 is 0 Å². The van der Waals surface area contributed by atoms with E-state index in [-0.39, 0.29) is 0 Å². The zero-order chi connectivity index (χ0) is 15.1. The predicted molar refractivity (Wildman–Crippen MR) is 83.1 cm³/mol. The van der Waals surface area contributed by atoms with Gasteiger partial charge in [0.1, 0.15) is 10.7 Å². The molecule has 1 saturated carbocycles. The molecular formula is C16H17N3O2S. The first-order valence-electron chi connectivity index (χ1n) is 7.58. The third-order valence-corrected chi connectivity index (χ3v) is 5.28. The van der Waals surface area contributed by atoms with E-state index in [1.165, 1.54) is 35.4 Å². The molecule has 6 heteroatoms. The molecule has 0 spiro atoms. The molecule has 3 heterocycles. The van der Waals surface area contributed by atoms with Gasteiger partial charge in [0.25, 0.3) is 0 Å². The Morgan fingerprint density at radius 1 is 1.41 bits per heavy atom. The van der Waals surface area contributed by atoms with Gasteiger partial charge in [-0.1, -0.05) is 0 Å². The van der Waals surface area contributed by atoms with Crippen LogP contribution in [0.5, 0.6) is 0 Å². The number of rotatable bonds is 4. The first kappa shape index (κ1) is 13.8. The summed E-state index contributed by atoms with van der Waals surface area (Å²) in [5.41, 5.74) is 2.41. The first-order valence-corrected chi connectivity index (χ1v) is 8.40. The SMILES string of the molecule is O=C(O)c1ccc(CN2CCc3nc(C4CC4)ncc3C2)s1. The third kappa shape index (κ3) is 2.76. The van der Waals surface area contributed by atoms with E-state index < -0.39 is 5.97 Å². The van der Waals surface area contributed by atoms with Crippen LogP contribution in [0.3, 0.4) is 0 Å². The number of thiophene rings is 1. The summed E-state index contributed by atoms with van der Waals surface area (Å²) in [5.74, 6) is 0.779. The standard InChI is InChI=1S/C16H17N3O2S/c20-16(21)14-4-3-12(22-14)9-19-6-5-13-11(8-19)7-17-15(18-13)10-1-2-10/h3-4,7,10H,1-2,5-6,8-9H2,(H,20,21). The molecule has 1 aliphatic carbocycles. The van der Waals surface area contributed by atoms with Crippen molar-refractivity contribution >= 4 is 17.3 Å². The molecule has 5 nitrogen and oxygen atoms in total. The number of aromatic carboxylic acids is 1. The van der Waals surface area contributed by atoms with Crippen molar-refractivity contribution < 1.29 is 9.90 Å². The van der Waals surface area contributed by atoms with E-state index in [4.69, 9.17) is 10.1 Å². The number of nitrogens with zero attached hydrogens (tertiary/aromatic N) is 3. The van der Waals surface area contributed by atoms with E-state index in [9.17, 15) is 4.79 Å². The Morgan fingerprint density at radius 2 is 2.27 bits per heavy atom. The molecule has 1 aliphatic heterocycles. The molecule has 0 amide bonds. The highest BCUT2D eigenvalue weighted by Crippen LogP contribution is 2.38. The summed E-state index contributed by atoms with van der Waals surface area (Å²) in [6.07, 6.45) is 5.40. The molecule has 22 heavy (non-hydrogen) atoms. The summed E-state index contributed by atoms with van der Waals surface area (Å²) in [7, 11) is 0. The number of carbonyl (C=O) groups is 1. The van der Waals surface area contributed by atoms with Crippen LogP contribution in [0.4, 0.5) is 0 Å². The molecule has 0 bridgehead atoms. The molecule has 0 aromatic carbocycles. The lowest BCUT2D eigenvalue weighted by molar-refractivity contribution is 0.0702. The average Bonchev–Trinajstić information content (AvgIpc) is 3.26. The molecule has 114 valence electrons. The molecular weight excluding hydrogens is 298 g/mol. The Bertz CT molecular complexity index is 724. The van der Waals surface area contributed by atoms with Gasteiger partial charge in [-0.15, -0.1) is 11.3 Å². The molecule has 1 fully saturated rings. The zero-order valence-electron chi connectivity index (χ0n) is 12.2. The molecule has 2 aromatic heterocycles. The van der Waals surface area contributed by atoms with Crippen LogP contribution in [0.15, 0.2) is 18.3 Å². The van der Waals surface area contributed by atoms with Crippen LogP contribution in [-0.2, 0) is 19.5 Å². The normalized spacial score (nSPS) is 18.2. The second-order valence-corrected chi connectivity index (χ2v) is 7.17. The van der Waals surface area contributed by atoms with Gasteiger partial charge >= 0.3 is 5.97 Å². The fourth-order valence-electron chi connectivity index (χ4n) is 2.86. The van der Waals surface area contributed by atoms with Gasteiger partial charge in [-0.25, -0.2) is 14.8 Å². The number of carboxylic acids is 1. The van der Waals surface area contributed by atoms with Gasteiger partial charge in [0.2, 0.25) is 0 Å². The molecule has 0 saturated heterocycles. The van der Waals surface area contributed by atoms with E-state index in [0.717, 1.165) is 36.8 Å². The van der Waals surface area contributed by atoms with Crippen LogP contribution in [0.2, 0.25) is 0 Å². The number of aromatic nitrogens is 2. The monoisotopic (exact) mass is 315 g/mol. The van der Waals surface area contributed by atoms with Crippen molar-refractivity contribution in [2.75, 3.05) is 6.54 Å². The first-order chi connectivity index (χ1) is 10.7. The molecule has 2 aromatic rings. The Labute approximate surface area is 132 Å². The van der Waals surface area contributed by atoms with Crippen molar-refractivity contribution in [2.45, 2.75) is 38.3 Å². The Kier molecular flexibility index (Phi) is 3.43. The molecule has 1 N–H and O–H groups in total. The number of hydrogen-bond acceptors (Lipinski definition) is 5. The smallest absolute Gasteiger partial charge is 0.345 e. The number of fused-ring (bicyclic) bond motifs is 1. The van der Waals surface area contributed by atoms with Gasteiger partial charge < -0.3 is 5.11 Å². The molecule has 0 radical (unpaired) electrons. The summed E-state index contributed by atoms with van der Waals surface area (Å²) in [5, 5.41) is 8.99. The summed E-state index contributed by atoms with van der Waals surface area (Å²) < 4.78 is 0. The maximum Gasteiger partial charge on any atom is 0.345 e. The van der Waals surface area contributed by atoms with Gasteiger partial charge in [0, 0.05) is 54.3 Å². The average molecular weight is 315 g/mol. The summed E-state index contributed by atoms with van der Waals surface area (Å²) >= 11 is 1.36. The second-order valence-electron chi connectivity index (χ2n) is 6.01. The van der Waals surface area contributed by atoms with Crippen molar-refractivity contribution in [3.05, 3.63) is 45.2 Å². The van der Waals surface area contributed by atoms with Crippen LogP contribution in [0.25, 0.3) is 0 Å². The molecule has 4 rings (SSSR count). The highest BCUT2D eigenvalue weighted by Gasteiger charge is 2.28. The van der Waals surface area contributed by atoms with E-state index in [2.05, 4.69) is 9.88 Å². The molecule has 2 aliphatic rings. The van der Waals surface area contributed by atoms with Crippen molar-refractivity contribution in [3.63, 3.8) is 0 Å². The minimum atomic E-state index is -0.846. The van der Waals surface area contributed by atoms with Crippen molar-refractivity contribution in [2.24, 2.45) is 0 Å². The van der Waals surface area contributed by atoms with E-state index in [1.54, 1.807) is 6.07 Å². The number of carboxylic acid groups (broad SMARTS) is 1. The van der Waals surface area contributed by atoms with Gasteiger partial charge in [-0.3, -0.25) is 4.90 Å². The fraction of sp³-hybridized carbons (Fsp3) is 0.438. The lowest BCUT2D eigenvalue weighted by atomic mass is 10.1. The number of hydrogen-bond donors (Lipinski definition) is 1. The maximum atomic E-state index is 10.9. The van der Waals surface area contributed by atoms with E-state index in [0.29, 0.717) is 10.8 Å². The van der Waals surface area contributed by atoms with Crippen LogP contribution in [0.1, 0.15) is 50.4 Å². The predicted octanol–water partition coefficient (Wildman–Crippen LogP) is 2.67. The molecule has 0 unspecified atom stereocenters. The topological polar surface area (TPSA) is 66.3 Å². The van der Waals surface area contributed by atoms with Crippen LogP contribution in [-0.4, -0.2) is 32.5 Å². The van der Waals surface area contributed by atoms with Gasteiger partial charge in [0.05, 0.1) is 0 Å². The van der Waals surface area contributed by atoms with Gasteiger partial charge in [-0.05, 0) is 25.0 Å². The highest BCUT2D eigenvalue weighted by atomic mass is 32.1. The van der Waals surface area contributed by atoms with E-state index in [1.807, 2.05) is 12.3 Å². The lowest BCUT2D eigenvalue weighted by Gasteiger charge is -2.27. The Hall–Kier alpha value is -1.79. The highest BCUT2D eigenvalue weighted by molar-refractivity contribution is 7.13. The van der Waals surface area contributed by atoms with Crippen molar-refractivity contribution in [3.8, 4) is 0 Å². The summed E-state index contributed by atoms with van der Waals surface area (Å²) in [4.78, 5) is 24.0. The quantitative estimate of drug-likeness (QED) is 0.939. The molecule has 0 atom stereocenters. The maximum absolute atomic E-state index is 10.9. The summed E-state index contributed by atoms with van der Waals surface area (Å²) in [6.45, 7) is 2.61. The Balaban J connectivity index is 1.45. The largest absolute Gasteiger partial charge is 0.477 e. The minimum absolute atomic E-state index is 0.407. The second kappa shape index (κ2) is 5.44. The lowest BCUT2D eigenvalue weighted by Crippen LogP contribution is -2.30. The Morgan fingerprint density at radius 3 is 3.00 bits per heavy atom. The van der Waals surface area contributed by atoms with Gasteiger partial charge in [0.15, 0.2) is 0 Å². The van der Waals surface area contributed by atoms with Crippen molar-refractivity contribution in [1.29, 1.82) is 0 Å². The minimum Gasteiger partial charge on any atom is -0.477 e. The third-order valence-electron chi connectivity index (χ3n) is 4.23. The zero-order valence-corrected chi connectivity index (χ0v) is 13.0. The summed E-state index contributed by atoms with van der Waals surface area (Å²) in [6, 6.07) is 3.60.